The van der Waals surface area contributed by atoms with E-state index < -0.39 is 114 Å². The van der Waals surface area contributed by atoms with E-state index in [4.69, 9.17) is 0 Å². The monoisotopic (exact) mass is 774 g/mol. The molecule has 7 amide bonds. The Morgan fingerprint density at radius 3 is 2.09 bits per heavy atom. The summed E-state index contributed by atoms with van der Waals surface area (Å²) >= 11 is 0. The maximum absolute atomic E-state index is 14.1. The van der Waals surface area contributed by atoms with E-state index in [2.05, 4.69) is 31.9 Å². The number of aliphatic hydroxyl groups excluding tert-OH is 1. The predicted octanol–water partition coefficient (Wildman–Crippen LogP) is -2.53. The highest BCUT2D eigenvalue weighted by Gasteiger charge is 2.44. The van der Waals surface area contributed by atoms with E-state index in [1.165, 1.54) is 40.0 Å². The number of likely N-dealkylation sites (N-methyl/N-ethyl adjacent to an activating group) is 1. The normalized spacial score (nSPS) is 27.6. The topological polar surface area (TPSA) is 276 Å². The number of benzene rings is 1. The van der Waals surface area contributed by atoms with Gasteiger partial charge in [0.25, 0.3) is 0 Å². The van der Waals surface area contributed by atoms with Crippen LogP contribution in [-0.2, 0) is 44.8 Å². The van der Waals surface area contributed by atoms with E-state index >= 15 is 0 Å². The zero-order valence-electron chi connectivity index (χ0n) is 32.2. The zero-order chi connectivity index (χ0) is 41.4. The number of aromatic hydroxyl groups is 1. The van der Waals surface area contributed by atoms with Gasteiger partial charge in [0.2, 0.25) is 41.4 Å². The summed E-state index contributed by atoms with van der Waals surface area (Å²) < 4.78 is 0. The molecule has 8 atom stereocenters. The van der Waals surface area contributed by atoms with Gasteiger partial charge in [0.1, 0.15) is 36.0 Å². The van der Waals surface area contributed by atoms with E-state index in [1.54, 1.807) is 37.8 Å². The first kappa shape index (κ1) is 44.1. The Bertz CT molecular complexity index is 1610. The molecule has 0 radical (unpaired) electrons. The first-order valence-electron chi connectivity index (χ1n) is 18.1. The molecular weight excluding hydrogens is 720 g/mol. The summed E-state index contributed by atoms with van der Waals surface area (Å²) in [5.41, 5.74) is -0.172. The maximum atomic E-state index is 14.1. The molecule has 2 saturated heterocycles. The van der Waals surface area contributed by atoms with E-state index in [9.17, 15) is 53.7 Å². The van der Waals surface area contributed by atoms with Crippen molar-refractivity contribution in [1.82, 2.24) is 41.7 Å². The molecule has 2 heterocycles. The number of carbonyl (C=O) groups is 8. The fraction of sp³-hybridized carbons (Fsp3) is 0.611. The van der Waals surface area contributed by atoms with Gasteiger partial charge in [-0.3, -0.25) is 43.3 Å². The summed E-state index contributed by atoms with van der Waals surface area (Å²) in [5.74, 6) is -7.15. The Hall–Kier alpha value is -5.30. The van der Waals surface area contributed by atoms with Crippen LogP contribution in [0, 0.1) is 0 Å². The van der Waals surface area contributed by atoms with Gasteiger partial charge in [0.15, 0.2) is 0 Å². The molecule has 0 bridgehead atoms. The minimum atomic E-state index is -1.75. The first-order chi connectivity index (χ1) is 25.6. The highest BCUT2D eigenvalue weighted by Crippen LogP contribution is 2.24. The second kappa shape index (κ2) is 18.8. The van der Waals surface area contributed by atoms with Crippen molar-refractivity contribution in [3.8, 4) is 5.75 Å². The third-order valence-electron chi connectivity index (χ3n) is 9.16. The molecule has 2 aliphatic rings. The standard InChI is InChI=1S/C36H54N8O11/c1-18-29(34(54)42-36(4,5)6)44-14-8-9-25(44)32(52)40-24(15-21-10-12-22(46)13-11-21)35(55)43(7)17-26(47)37-19(2)30(50)39-23(16-27(48)49)31(51)41-28(20(3)45)33(53)38-18/h10-13,18-20,23-25,28-29,45-46H,8-9,14-17H2,1-7H3,(H,37,47)(H,38,53)(H,39,50)(H,40,52)(H,41,51)(H,42,54)(H,48,49)/t18-,19-,20+,23-,24-,25-,28-,29-/m0/s1. The van der Waals surface area contributed by atoms with E-state index in [0.717, 1.165) is 4.90 Å². The molecule has 0 spiro atoms. The molecule has 304 valence electrons. The number of phenols is 1. The summed E-state index contributed by atoms with van der Waals surface area (Å²) in [7, 11) is 1.32. The number of rotatable bonds is 6. The van der Waals surface area contributed by atoms with Crippen molar-refractivity contribution in [2.75, 3.05) is 20.1 Å². The number of carbonyl (C=O) groups excluding carboxylic acids is 7. The van der Waals surface area contributed by atoms with E-state index in [-0.39, 0.29) is 25.1 Å². The fourth-order valence-electron chi connectivity index (χ4n) is 6.49. The molecule has 9 N–H and O–H groups in total. The third kappa shape index (κ3) is 12.6. The van der Waals surface area contributed by atoms with Crippen molar-refractivity contribution < 1.29 is 53.7 Å². The summed E-state index contributed by atoms with van der Waals surface area (Å²) in [5, 5.41) is 45.1. The summed E-state index contributed by atoms with van der Waals surface area (Å²) in [6.45, 7) is 8.90. The van der Waals surface area contributed by atoms with Crippen LogP contribution in [0.1, 0.15) is 66.4 Å². The van der Waals surface area contributed by atoms with Gasteiger partial charge in [0, 0.05) is 19.0 Å². The summed E-state index contributed by atoms with van der Waals surface area (Å²) in [6, 6.07) is -3.22. The number of carboxylic acids is 1. The van der Waals surface area contributed by atoms with E-state index in [1.807, 2.05) is 0 Å². The molecule has 19 heteroatoms. The molecular formula is C36H54N8O11. The van der Waals surface area contributed by atoms with Crippen LogP contribution in [0.5, 0.6) is 5.75 Å². The van der Waals surface area contributed by atoms with Crippen LogP contribution in [0.25, 0.3) is 0 Å². The zero-order valence-corrected chi connectivity index (χ0v) is 32.2. The second-order valence-electron chi connectivity index (χ2n) is 15.2. The van der Waals surface area contributed by atoms with E-state index in [0.29, 0.717) is 12.0 Å². The Labute approximate surface area is 319 Å². The Morgan fingerprint density at radius 1 is 0.891 bits per heavy atom. The number of fused-ring (bicyclic) bond motifs is 1. The molecule has 0 aliphatic carbocycles. The van der Waals surface area contributed by atoms with Crippen molar-refractivity contribution in [2.24, 2.45) is 0 Å². The summed E-state index contributed by atoms with van der Waals surface area (Å²) in [6.07, 6.45) is -1.76. The number of hydrogen-bond donors (Lipinski definition) is 9. The average molecular weight is 775 g/mol. The lowest BCUT2D eigenvalue weighted by molar-refractivity contribution is -0.142. The molecule has 0 aromatic heterocycles. The maximum Gasteiger partial charge on any atom is 0.305 e. The highest BCUT2D eigenvalue weighted by molar-refractivity contribution is 5.97. The first-order valence-corrected chi connectivity index (χ1v) is 18.1. The molecule has 55 heavy (non-hydrogen) atoms. The number of aliphatic hydroxyl groups is 1. The number of phenolic OH excluding ortho intramolecular Hbond substituents is 1. The molecule has 19 nitrogen and oxygen atoms in total. The number of hydrogen-bond acceptors (Lipinski definition) is 11. The third-order valence-corrected chi connectivity index (χ3v) is 9.16. The molecule has 2 aliphatic heterocycles. The lowest BCUT2D eigenvalue weighted by Gasteiger charge is -2.38. The van der Waals surface area contributed by atoms with Crippen LogP contribution >= 0.6 is 0 Å². The van der Waals surface area contributed by atoms with Crippen LogP contribution in [0.4, 0.5) is 0 Å². The van der Waals surface area contributed by atoms with Crippen molar-refractivity contribution in [3.63, 3.8) is 0 Å². The van der Waals surface area contributed by atoms with Gasteiger partial charge >= 0.3 is 5.97 Å². The van der Waals surface area contributed by atoms with Crippen LogP contribution < -0.4 is 31.9 Å². The SMILES string of the molecule is C[C@@H]1NC(=O)CN(C)C(=O)[C@H](Cc2ccc(O)cc2)NC(=O)[C@@H]2CCCN2[C@H](C(=O)NC(C)(C)C)[C@H](C)NC(=O)[C@H]([C@@H](C)O)NC(=O)[C@H](CC(=O)O)NC1=O. The van der Waals surface area contributed by atoms with Gasteiger partial charge < -0.3 is 52.1 Å². The van der Waals surface area contributed by atoms with Crippen molar-refractivity contribution in [2.45, 2.75) is 121 Å². The van der Waals surface area contributed by atoms with Crippen molar-refractivity contribution in [1.29, 1.82) is 0 Å². The molecule has 1 aromatic rings. The Kier molecular flexibility index (Phi) is 15.1. The highest BCUT2D eigenvalue weighted by atomic mass is 16.4. The molecule has 0 unspecified atom stereocenters. The number of aliphatic carboxylic acids is 1. The molecule has 1 aromatic carbocycles. The van der Waals surface area contributed by atoms with Gasteiger partial charge in [-0.1, -0.05) is 12.1 Å². The van der Waals surface area contributed by atoms with Gasteiger partial charge in [-0.25, -0.2) is 0 Å². The molecule has 2 fully saturated rings. The largest absolute Gasteiger partial charge is 0.508 e. The Balaban J connectivity index is 2.11. The lowest BCUT2D eigenvalue weighted by atomic mass is 10.0. The van der Waals surface area contributed by atoms with Crippen molar-refractivity contribution in [3.05, 3.63) is 29.8 Å². The second-order valence-corrected chi connectivity index (χ2v) is 15.2. The predicted molar refractivity (Wildman–Crippen MR) is 196 cm³/mol. The molecule has 3 rings (SSSR count). The van der Waals surface area contributed by atoms with Crippen LogP contribution in [0.3, 0.4) is 0 Å². The van der Waals surface area contributed by atoms with Crippen molar-refractivity contribution >= 4 is 47.3 Å². The van der Waals surface area contributed by atoms with Crippen LogP contribution in [0.2, 0.25) is 0 Å². The number of nitrogens with zero attached hydrogens (tertiary/aromatic N) is 2. The average Bonchev–Trinajstić information content (AvgIpc) is 3.54. The number of carboxylic acid groups (broad SMARTS) is 1. The Morgan fingerprint density at radius 2 is 1.51 bits per heavy atom. The van der Waals surface area contributed by atoms with Gasteiger partial charge in [0.05, 0.1) is 31.2 Å². The minimum absolute atomic E-state index is 0.0189. The smallest absolute Gasteiger partial charge is 0.305 e. The van der Waals surface area contributed by atoms with Gasteiger partial charge in [-0.2, -0.15) is 0 Å². The number of nitrogens with one attached hydrogen (secondary N) is 6. The number of amides is 7. The molecule has 0 saturated carbocycles. The van der Waals surface area contributed by atoms with Gasteiger partial charge in [-0.05, 0) is 78.6 Å². The quantitative estimate of drug-likeness (QED) is 0.145. The van der Waals surface area contributed by atoms with Gasteiger partial charge in [-0.15, -0.1) is 0 Å². The van der Waals surface area contributed by atoms with Crippen LogP contribution in [0.15, 0.2) is 24.3 Å². The summed E-state index contributed by atoms with van der Waals surface area (Å²) in [4.78, 5) is 110. The van der Waals surface area contributed by atoms with Crippen LogP contribution in [-0.4, -0.2) is 147 Å². The minimum Gasteiger partial charge on any atom is -0.508 e. The lowest BCUT2D eigenvalue weighted by Crippen LogP contribution is -2.65. The fourth-order valence-corrected chi connectivity index (χ4v) is 6.49.